The van der Waals surface area contributed by atoms with Gasteiger partial charge in [-0.1, -0.05) is 0 Å². The SMILES string of the molecule is COC(=O)C=C(C)NCC(=O)O.[H-].[K+]. The third kappa shape index (κ3) is 10.0. The first-order valence-corrected chi connectivity index (χ1v) is 3.28. The average Bonchev–Trinajstić information content (AvgIpc) is 2.00. The topological polar surface area (TPSA) is 75.6 Å². The molecule has 0 aromatic heterocycles. The number of carboxylic acids is 1. The Labute approximate surface area is 120 Å². The van der Waals surface area contributed by atoms with Crippen LogP contribution in [0, 0.1) is 0 Å². The Morgan fingerprint density at radius 3 is 2.54 bits per heavy atom. The third-order valence-corrected chi connectivity index (χ3v) is 1.05. The number of hydrogen-bond donors (Lipinski definition) is 2. The number of methoxy groups -OCH3 is 1. The molecule has 0 aromatic rings. The van der Waals surface area contributed by atoms with Crippen molar-refractivity contribution < 1.29 is 72.2 Å². The number of nitrogens with one attached hydrogen (secondary N) is 1. The summed E-state index contributed by atoms with van der Waals surface area (Å²) >= 11 is 0. The van der Waals surface area contributed by atoms with Crippen molar-refractivity contribution >= 4 is 11.9 Å². The van der Waals surface area contributed by atoms with Crippen LogP contribution in [0.15, 0.2) is 11.8 Å². The largest absolute Gasteiger partial charge is 1.00 e. The number of allylic oxidation sites excluding steroid dienone is 1. The number of carboxylic acid groups (broad SMARTS) is 1. The molecule has 0 aliphatic rings. The molecule has 0 radical (unpaired) electrons. The normalized spacial score (nSPS) is 9.85. The Hall–Kier alpha value is 0.116. The van der Waals surface area contributed by atoms with Crippen LogP contribution in [0.4, 0.5) is 0 Å². The minimum absolute atomic E-state index is 0. The van der Waals surface area contributed by atoms with E-state index < -0.39 is 11.9 Å². The van der Waals surface area contributed by atoms with Gasteiger partial charge in [0.1, 0.15) is 6.54 Å². The fourth-order valence-electron chi connectivity index (χ4n) is 0.502. The number of aliphatic carboxylic acids is 1. The van der Waals surface area contributed by atoms with Crippen LogP contribution in [-0.4, -0.2) is 30.7 Å². The van der Waals surface area contributed by atoms with Crippen LogP contribution in [0.2, 0.25) is 0 Å². The second-order valence-corrected chi connectivity index (χ2v) is 2.10. The molecule has 5 nitrogen and oxygen atoms in total. The minimum Gasteiger partial charge on any atom is -1.00 e. The van der Waals surface area contributed by atoms with Crippen LogP contribution >= 0.6 is 0 Å². The summed E-state index contributed by atoms with van der Waals surface area (Å²) in [7, 11) is 1.25. The molecule has 2 N–H and O–H groups in total. The van der Waals surface area contributed by atoms with Crippen molar-refractivity contribution in [3.63, 3.8) is 0 Å². The second kappa shape index (κ2) is 8.70. The molecule has 0 fully saturated rings. The first-order valence-electron chi connectivity index (χ1n) is 3.28. The zero-order valence-corrected chi connectivity index (χ0v) is 11.1. The Kier molecular flexibility index (Phi) is 10.4. The Morgan fingerprint density at radius 1 is 1.62 bits per heavy atom. The second-order valence-electron chi connectivity index (χ2n) is 2.10. The van der Waals surface area contributed by atoms with Crippen molar-refractivity contribution in [3.05, 3.63) is 11.8 Å². The summed E-state index contributed by atoms with van der Waals surface area (Å²) in [6.07, 6.45) is 1.18. The number of carbonyl (C=O) groups is 2. The summed E-state index contributed by atoms with van der Waals surface area (Å²) in [5.74, 6) is -1.49. The molecule has 13 heavy (non-hydrogen) atoms. The molecule has 0 rings (SSSR count). The van der Waals surface area contributed by atoms with Gasteiger partial charge in [-0.25, -0.2) is 4.79 Å². The van der Waals surface area contributed by atoms with E-state index in [0.29, 0.717) is 5.70 Å². The van der Waals surface area contributed by atoms with Gasteiger partial charge < -0.3 is 16.6 Å². The quantitative estimate of drug-likeness (QED) is 0.293. The Morgan fingerprint density at radius 2 is 2.15 bits per heavy atom. The maximum atomic E-state index is 10.6. The number of rotatable bonds is 4. The van der Waals surface area contributed by atoms with Crippen molar-refractivity contribution in [2.45, 2.75) is 6.92 Å². The summed E-state index contributed by atoms with van der Waals surface area (Å²) in [4.78, 5) is 20.6. The van der Waals surface area contributed by atoms with Gasteiger partial charge in [0, 0.05) is 11.8 Å². The van der Waals surface area contributed by atoms with Gasteiger partial charge in [-0.2, -0.15) is 0 Å². The molecule has 0 bridgehead atoms. The van der Waals surface area contributed by atoms with E-state index in [1.54, 1.807) is 6.92 Å². The molecule has 0 aliphatic carbocycles. The van der Waals surface area contributed by atoms with Crippen molar-refractivity contribution in [1.29, 1.82) is 0 Å². The zero-order valence-electron chi connectivity index (χ0n) is 8.96. The van der Waals surface area contributed by atoms with Crippen LogP contribution in [-0.2, 0) is 14.3 Å². The zero-order chi connectivity index (χ0) is 9.56. The third-order valence-electron chi connectivity index (χ3n) is 1.05. The summed E-state index contributed by atoms with van der Waals surface area (Å²) in [5, 5.41) is 10.8. The molecule has 0 saturated heterocycles. The molecule has 0 spiro atoms. The molecule has 70 valence electrons. The Bertz CT molecular complexity index is 220. The number of esters is 1. The smallest absolute Gasteiger partial charge is 1.00 e. The van der Waals surface area contributed by atoms with E-state index in [-0.39, 0.29) is 59.4 Å². The van der Waals surface area contributed by atoms with E-state index in [2.05, 4.69) is 10.1 Å². The maximum Gasteiger partial charge on any atom is 1.00 e. The summed E-state index contributed by atoms with van der Waals surface area (Å²) in [6.45, 7) is 1.37. The van der Waals surface area contributed by atoms with Gasteiger partial charge in [0.25, 0.3) is 0 Å². The molecule has 0 aliphatic heterocycles. The van der Waals surface area contributed by atoms with Gasteiger partial charge in [0.15, 0.2) is 0 Å². The van der Waals surface area contributed by atoms with Gasteiger partial charge in [-0.15, -0.1) is 0 Å². The summed E-state index contributed by atoms with van der Waals surface area (Å²) in [5.41, 5.74) is 0.462. The van der Waals surface area contributed by atoms with Gasteiger partial charge in [0.05, 0.1) is 7.11 Å². The first kappa shape index (κ1) is 15.6. The van der Waals surface area contributed by atoms with E-state index in [4.69, 9.17) is 5.11 Å². The summed E-state index contributed by atoms with van der Waals surface area (Å²) < 4.78 is 4.32. The Balaban J connectivity index is -0.000000605. The molecule has 0 amide bonds. The standard InChI is InChI=1S/C7H11NO4.K.H/c1-5(3-7(11)12-2)8-4-6(9)10;;/h3,8H,4H2,1-2H3,(H,9,10);;/q;+1;-1. The average molecular weight is 213 g/mol. The van der Waals surface area contributed by atoms with E-state index >= 15 is 0 Å². The summed E-state index contributed by atoms with van der Waals surface area (Å²) in [6, 6.07) is 0. The molecular formula is C7H12KNO4. The molecule has 0 atom stereocenters. The monoisotopic (exact) mass is 213 g/mol. The van der Waals surface area contributed by atoms with E-state index in [1.807, 2.05) is 0 Å². The predicted octanol–water partition coefficient (Wildman–Crippen LogP) is -3.15. The molecule has 0 saturated carbocycles. The number of hydrogen-bond acceptors (Lipinski definition) is 4. The van der Waals surface area contributed by atoms with Gasteiger partial charge in [-0.3, -0.25) is 4.79 Å². The number of ether oxygens (including phenoxy) is 1. The van der Waals surface area contributed by atoms with Crippen molar-refractivity contribution in [2.75, 3.05) is 13.7 Å². The molecule has 0 heterocycles. The molecule has 0 aromatic carbocycles. The van der Waals surface area contributed by atoms with E-state index in [9.17, 15) is 9.59 Å². The number of carbonyl (C=O) groups excluding carboxylic acids is 1. The van der Waals surface area contributed by atoms with Crippen LogP contribution in [0.5, 0.6) is 0 Å². The molecular weight excluding hydrogens is 201 g/mol. The van der Waals surface area contributed by atoms with Gasteiger partial charge >= 0.3 is 63.3 Å². The fourth-order valence-corrected chi connectivity index (χ4v) is 0.502. The van der Waals surface area contributed by atoms with Crippen LogP contribution < -0.4 is 56.7 Å². The van der Waals surface area contributed by atoms with E-state index in [1.165, 1.54) is 13.2 Å². The molecule has 0 unspecified atom stereocenters. The van der Waals surface area contributed by atoms with Crippen LogP contribution in [0.3, 0.4) is 0 Å². The molecule has 6 heteroatoms. The predicted molar refractivity (Wildman–Crippen MR) is 42.5 cm³/mol. The van der Waals surface area contributed by atoms with Crippen molar-refractivity contribution in [2.24, 2.45) is 0 Å². The van der Waals surface area contributed by atoms with Gasteiger partial charge in [0.2, 0.25) is 0 Å². The van der Waals surface area contributed by atoms with Crippen LogP contribution in [0.1, 0.15) is 8.35 Å². The maximum absolute atomic E-state index is 10.6. The van der Waals surface area contributed by atoms with E-state index in [0.717, 1.165) is 0 Å². The van der Waals surface area contributed by atoms with Crippen molar-refractivity contribution in [3.8, 4) is 0 Å². The van der Waals surface area contributed by atoms with Crippen molar-refractivity contribution in [1.82, 2.24) is 5.32 Å². The fraction of sp³-hybridized carbons (Fsp3) is 0.429. The first-order chi connectivity index (χ1) is 5.56. The van der Waals surface area contributed by atoms with Crippen LogP contribution in [0.25, 0.3) is 0 Å². The van der Waals surface area contributed by atoms with Gasteiger partial charge in [-0.05, 0) is 6.92 Å². The minimum atomic E-state index is -0.979.